The predicted molar refractivity (Wildman–Crippen MR) is 74.5 cm³/mol. The zero-order valence-electron chi connectivity index (χ0n) is 11.5. The average Bonchev–Trinajstić information content (AvgIpc) is 3.17. The van der Waals surface area contributed by atoms with Gasteiger partial charge >= 0.3 is 0 Å². The van der Waals surface area contributed by atoms with Gasteiger partial charge in [0.15, 0.2) is 11.6 Å². The molecule has 1 saturated carbocycles. The molecule has 100 valence electrons. The number of nitrogens with zero attached hydrogens (tertiary/aromatic N) is 5. The molecule has 19 heavy (non-hydrogen) atoms. The third kappa shape index (κ3) is 2.92. The van der Waals surface area contributed by atoms with Crippen LogP contribution in [0.5, 0.6) is 0 Å². The molecule has 0 radical (unpaired) electrons. The molecule has 0 N–H and O–H groups in total. The highest BCUT2D eigenvalue weighted by atomic mass is 15.4. The van der Waals surface area contributed by atoms with Crippen LogP contribution in [-0.4, -0.2) is 33.6 Å². The SMILES string of the molecule is Cc1ccn(-c2ccc(N(C)CCC3CC3)nn2)n1. The highest BCUT2D eigenvalue weighted by molar-refractivity contribution is 5.38. The largest absolute Gasteiger partial charge is 0.358 e. The highest BCUT2D eigenvalue weighted by Gasteiger charge is 2.21. The second-order valence-electron chi connectivity index (χ2n) is 5.31. The van der Waals surface area contributed by atoms with Crippen molar-refractivity contribution >= 4 is 5.82 Å². The van der Waals surface area contributed by atoms with E-state index in [0.29, 0.717) is 0 Å². The molecule has 5 heteroatoms. The maximum Gasteiger partial charge on any atom is 0.175 e. The van der Waals surface area contributed by atoms with E-state index in [2.05, 4.69) is 27.2 Å². The molecule has 3 rings (SSSR count). The summed E-state index contributed by atoms with van der Waals surface area (Å²) in [6, 6.07) is 5.92. The summed E-state index contributed by atoms with van der Waals surface area (Å²) in [5.41, 5.74) is 0.979. The average molecular weight is 257 g/mol. The number of rotatable bonds is 5. The lowest BCUT2D eigenvalue weighted by Gasteiger charge is -2.17. The van der Waals surface area contributed by atoms with Crippen LogP contribution in [0.4, 0.5) is 5.82 Å². The molecule has 0 aliphatic heterocycles. The summed E-state index contributed by atoms with van der Waals surface area (Å²) in [5.74, 6) is 2.63. The van der Waals surface area contributed by atoms with Gasteiger partial charge in [0.25, 0.3) is 0 Å². The fraction of sp³-hybridized carbons (Fsp3) is 0.500. The third-order valence-electron chi connectivity index (χ3n) is 3.55. The van der Waals surface area contributed by atoms with Crippen molar-refractivity contribution < 1.29 is 0 Å². The van der Waals surface area contributed by atoms with Gasteiger partial charge in [-0.25, -0.2) is 4.68 Å². The molecule has 0 saturated heterocycles. The molecular weight excluding hydrogens is 238 g/mol. The Hall–Kier alpha value is -1.91. The van der Waals surface area contributed by atoms with Gasteiger partial charge in [-0.3, -0.25) is 0 Å². The van der Waals surface area contributed by atoms with Crippen LogP contribution in [0.2, 0.25) is 0 Å². The Labute approximate surface area is 113 Å². The van der Waals surface area contributed by atoms with E-state index < -0.39 is 0 Å². The molecule has 0 bridgehead atoms. The first-order valence-corrected chi connectivity index (χ1v) is 6.80. The number of aryl methyl sites for hydroxylation is 1. The van der Waals surface area contributed by atoms with Crippen LogP contribution in [0.25, 0.3) is 5.82 Å². The molecule has 0 amide bonds. The second-order valence-corrected chi connectivity index (χ2v) is 5.31. The van der Waals surface area contributed by atoms with Crippen LogP contribution in [0, 0.1) is 12.8 Å². The molecule has 5 nitrogen and oxygen atoms in total. The molecule has 0 unspecified atom stereocenters. The first-order valence-electron chi connectivity index (χ1n) is 6.80. The first kappa shape index (κ1) is 12.1. The quantitative estimate of drug-likeness (QED) is 0.824. The van der Waals surface area contributed by atoms with Crippen LogP contribution in [-0.2, 0) is 0 Å². The molecule has 2 heterocycles. The van der Waals surface area contributed by atoms with Gasteiger partial charge in [0.05, 0.1) is 5.69 Å². The monoisotopic (exact) mass is 257 g/mol. The van der Waals surface area contributed by atoms with Gasteiger partial charge in [0.1, 0.15) is 0 Å². The van der Waals surface area contributed by atoms with Gasteiger partial charge in [-0.2, -0.15) is 5.10 Å². The van der Waals surface area contributed by atoms with Crippen LogP contribution in [0.15, 0.2) is 24.4 Å². The molecular formula is C14H19N5. The fourth-order valence-electron chi connectivity index (χ4n) is 2.08. The number of anilines is 1. The van der Waals surface area contributed by atoms with E-state index in [4.69, 9.17) is 0 Å². The van der Waals surface area contributed by atoms with Crippen molar-refractivity contribution in [1.82, 2.24) is 20.0 Å². The third-order valence-corrected chi connectivity index (χ3v) is 3.55. The Kier molecular flexibility index (Phi) is 3.19. The first-order chi connectivity index (χ1) is 9.22. The zero-order chi connectivity index (χ0) is 13.2. The van der Waals surface area contributed by atoms with E-state index in [0.717, 1.165) is 29.8 Å². The van der Waals surface area contributed by atoms with Gasteiger partial charge in [0.2, 0.25) is 0 Å². The molecule has 2 aromatic rings. The normalized spacial score (nSPS) is 14.6. The molecule has 1 aliphatic rings. The van der Waals surface area contributed by atoms with Gasteiger partial charge in [0, 0.05) is 19.8 Å². The van der Waals surface area contributed by atoms with Crippen molar-refractivity contribution in [2.24, 2.45) is 5.92 Å². The molecule has 0 aromatic carbocycles. The summed E-state index contributed by atoms with van der Waals surface area (Å²) in [6.45, 7) is 3.02. The van der Waals surface area contributed by atoms with Crippen LogP contribution < -0.4 is 4.90 Å². The number of hydrogen-bond donors (Lipinski definition) is 0. The maximum absolute atomic E-state index is 4.32. The van der Waals surface area contributed by atoms with Crippen LogP contribution in [0.3, 0.4) is 0 Å². The Morgan fingerprint density at radius 3 is 2.68 bits per heavy atom. The van der Waals surface area contributed by atoms with Gasteiger partial charge in [-0.1, -0.05) is 12.8 Å². The van der Waals surface area contributed by atoms with Gasteiger partial charge in [-0.05, 0) is 37.5 Å². The van der Waals surface area contributed by atoms with E-state index >= 15 is 0 Å². The molecule has 1 aliphatic carbocycles. The van der Waals surface area contributed by atoms with Gasteiger partial charge in [-0.15, -0.1) is 10.2 Å². The lowest BCUT2D eigenvalue weighted by Crippen LogP contribution is -2.20. The smallest absolute Gasteiger partial charge is 0.175 e. The second kappa shape index (κ2) is 4.99. The minimum atomic E-state index is 0.757. The summed E-state index contributed by atoms with van der Waals surface area (Å²) in [4.78, 5) is 2.17. The lowest BCUT2D eigenvalue weighted by molar-refractivity contribution is 0.700. The summed E-state index contributed by atoms with van der Waals surface area (Å²) in [7, 11) is 2.07. The predicted octanol–water partition coefficient (Wildman–Crippen LogP) is 2.21. The van der Waals surface area contributed by atoms with Crippen molar-refractivity contribution in [3.63, 3.8) is 0 Å². The van der Waals surface area contributed by atoms with Crippen LogP contribution >= 0.6 is 0 Å². The van der Waals surface area contributed by atoms with E-state index in [1.54, 1.807) is 4.68 Å². The van der Waals surface area contributed by atoms with Crippen LogP contribution in [0.1, 0.15) is 25.0 Å². The minimum absolute atomic E-state index is 0.757. The van der Waals surface area contributed by atoms with Crippen molar-refractivity contribution in [1.29, 1.82) is 0 Å². The number of hydrogen-bond acceptors (Lipinski definition) is 4. The summed E-state index contributed by atoms with van der Waals surface area (Å²) in [6.07, 6.45) is 5.96. The standard InChI is InChI=1S/C14H19N5/c1-11-7-10-19(17-11)14-6-5-13(15-16-14)18(2)9-8-12-3-4-12/h5-7,10,12H,3-4,8-9H2,1-2H3. The van der Waals surface area contributed by atoms with Crippen molar-refractivity contribution in [2.45, 2.75) is 26.2 Å². The van der Waals surface area contributed by atoms with E-state index in [-0.39, 0.29) is 0 Å². The molecule has 2 aromatic heterocycles. The van der Waals surface area contributed by atoms with E-state index in [1.807, 2.05) is 31.3 Å². The summed E-state index contributed by atoms with van der Waals surface area (Å²) >= 11 is 0. The maximum atomic E-state index is 4.32. The van der Waals surface area contributed by atoms with Gasteiger partial charge < -0.3 is 4.90 Å². The Balaban J connectivity index is 1.67. The van der Waals surface area contributed by atoms with E-state index in [1.165, 1.54) is 19.3 Å². The zero-order valence-corrected chi connectivity index (χ0v) is 11.5. The Bertz CT molecular complexity index is 541. The highest BCUT2D eigenvalue weighted by Crippen LogP contribution is 2.32. The Morgan fingerprint density at radius 1 is 1.26 bits per heavy atom. The summed E-state index contributed by atoms with van der Waals surface area (Å²) in [5, 5.41) is 12.8. The minimum Gasteiger partial charge on any atom is -0.358 e. The van der Waals surface area contributed by atoms with Crippen molar-refractivity contribution in [3.8, 4) is 5.82 Å². The Morgan fingerprint density at radius 2 is 2.11 bits per heavy atom. The van der Waals surface area contributed by atoms with Crippen molar-refractivity contribution in [2.75, 3.05) is 18.5 Å². The lowest BCUT2D eigenvalue weighted by atomic mass is 10.3. The molecule has 0 atom stereocenters. The van der Waals surface area contributed by atoms with Crippen molar-refractivity contribution in [3.05, 3.63) is 30.1 Å². The molecule has 1 fully saturated rings. The van der Waals surface area contributed by atoms with E-state index in [9.17, 15) is 0 Å². The number of aromatic nitrogens is 4. The topological polar surface area (TPSA) is 46.8 Å². The fourth-order valence-corrected chi connectivity index (χ4v) is 2.08. The molecule has 0 spiro atoms. The summed E-state index contributed by atoms with van der Waals surface area (Å²) < 4.78 is 1.75.